The van der Waals surface area contributed by atoms with E-state index in [0.29, 0.717) is 12.1 Å². The van der Waals surface area contributed by atoms with E-state index in [4.69, 9.17) is 0 Å². The van der Waals surface area contributed by atoms with Crippen LogP contribution in [0, 0.1) is 0 Å². The van der Waals surface area contributed by atoms with Crippen LogP contribution in [-0.4, -0.2) is 43.4 Å². The molecular formula is C13H20N2O4S. The maximum absolute atomic E-state index is 11.9. The summed E-state index contributed by atoms with van der Waals surface area (Å²) in [4.78, 5) is 11.4. The fourth-order valence-electron chi connectivity index (χ4n) is 1.53. The summed E-state index contributed by atoms with van der Waals surface area (Å²) >= 11 is 0. The fraction of sp³-hybridized carbons (Fsp3) is 0.462. The zero-order valence-electron chi connectivity index (χ0n) is 12.0. The minimum absolute atomic E-state index is 0.168. The third kappa shape index (κ3) is 3.29. The molecule has 0 aliphatic rings. The molecule has 1 aromatic rings. The second-order valence-electron chi connectivity index (χ2n) is 4.93. The van der Waals surface area contributed by atoms with Crippen LogP contribution < -0.4 is 5.32 Å². The zero-order valence-corrected chi connectivity index (χ0v) is 12.9. The van der Waals surface area contributed by atoms with E-state index >= 15 is 0 Å². The molecule has 0 aliphatic carbocycles. The molecule has 0 amide bonds. The molecule has 0 fully saturated rings. The lowest BCUT2D eigenvalue weighted by Gasteiger charge is -2.26. The second-order valence-corrected chi connectivity index (χ2v) is 7.08. The minimum Gasteiger partial charge on any atom is -0.480 e. The number of nitrogens with one attached hydrogen (secondary N) is 1. The number of benzene rings is 1. The molecule has 7 heteroatoms. The van der Waals surface area contributed by atoms with Crippen molar-refractivity contribution in [2.45, 2.75) is 30.7 Å². The van der Waals surface area contributed by atoms with Gasteiger partial charge in [0.2, 0.25) is 10.0 Å². The van der Waals surface area contributed by atoms with Crippen molar-refractivity contribution in [1.29, 1.82) is 0 Å². The van der Waals surface area contributed by atoms with Crippen molar-refractivity contribution < 1.29 is 18.3 Å². The Hall–Kier alpha value is -1.60. The normalized spacial score (nSPS) is 14.8. The van der Waals surface area contributed by atoms with Gasteiger partial charge < -0.3 is 10.4 Å². The van der Waals surface area contributed by atoms with Crippen LogP contribution in [0.3, 0.4) is 0 Å². The predicted molar refractivity (Wildman–Crippen MR) is 77.3 cm³/mol. The Morgan fingerprint density at radius 2 is 1.80 bits per heavy atom. The van der Waals surface area contributed by atoms with Crippen molar-refractivity contribution in [2.75, 3.05) is 19.4 Å². The molecular weight excluding hydrogens is 280 g/mol. The Morgan fingerprint density at radius 1 is 1.30 bits per heavy atom. The van der Waals surface area contributed by atoms with Gasteiger partial charge in [-0.15, -0.1) is 0 Å². The van der Waals surface area contributed by atoms with Gasteiger partial charge in [0.25, 0.3) is 0 Å². The molecule has 6 nitrogen and oxygen atoms in total. The number of hydrogen-bond acceptors (Lipinski definition) is 4. The third-order valence-electron chi connectivity index (χ3n) is 3.23. The van der Waals surface area contributed by atoms with E-state index in [1.54, 1.807) is 26.0 Å². The summed E-state index contributed by atoms with van der Waals surface area (Å²) in [6.45, 7) is 3.35. The molecule has 0 saturated heterocycles. The van der Waals surface area contributed by atoms with E-state index in [-0.39, 0.29) is 4.90 Å². The highest BCUT2D eigenvalue weighted by atomic mass is 32.2. The molecule has 0 aromatic heterocycles. The number of carboxylic acid groups (broad SMARTS) is 1. The van der Waals surface area contributed by atoms with Gasteiger partial charge in [0.05, 0.1) is 4.90 Å². The smallest absolute Gasteiger partial charge is 0.329 e. The molecule has 20 heavy (non-hydrogen) atoms. The van der Waals surface area contributed by atoms with Gasteiger partial charge in [-0.05, 0) is 37.6 Å². The van der Waals surface area contributed by atoms with Crippen molar-refractivity contribution in [3.05, 3.63) is 24.3 Å². The monoisotopic (exact) mass is 300 g/mol. The van der Waals surface area contributed by atoms with Gasteiger partial charge in [0.15, 0.2) is 0 Å². The Balaban J connectivity index is 3.02. The van der Waals surface area contributed by atoms with Gasteiger partial charge >= 0.3 is 5.97 Å². The van der Waals surface area contributed by atoms with Gasteiger partial charge in [-0.2, -0.15) is 0 Å². The molecule has 0 heterocycles. The first-order chi connectivity index (χ1) is 9.13. The summed E-state index contributed by atoms with van der Waals surface area (Å²) in [7, 11) is -0.553. The first kappa shape index (κ1) is 16.5. The van der Waals surface area contributed by atoms with E-state index in [1.165, 1.54) is 26.2 Å². The van der Waals surface area contributed by atoms with Crippen molar-refractivity contribution in [2.24, 2.45) is 0 Å². The molecule has 0 aliphatic heterocycles. The number of carboxylic acids is 1. The van der Waals surface area contributed by atoms with E-state index in [0.717, 1.165) is 4.31 Å². The number of rotatable bonds is 6. The van der Waals surface area contributed by atoms with Crippen LogP contribution in [0.2, 0.25) is 0 Å². The van der Waals surface area contributed by atoms with Gasteiger partial charge in [-0.3, -0.25) is 0 Å². The average Bonchev–Trinajstić information content (AvgIpc) is 2.38. The average molecular weight is 300 g/mol. The molecule has 2 N–H and O–H groups in total. The van der Waals surface area contributed by atoms with Crippen molar-refractivity contribution in [3.8, 4) is 0 Å². The SMILES string of the molecule is CCC(C)(Nc1ccc(S(=O)(=O)N(C)C)cc1)C(=O)O. The molecule has 1 unspecified atom stereocenters. The van der Waals surface area contributed by atoms with Crippen molar-refractivity contribution >= 4 is 21.7 Å². The van der Waals surface area contributed by atoms with Crippen molar-refractivity contribution in [3.63, 3.8) is 0 Å². The number of carbonyl (C=O) groups is 1. The molecule has 0 bridgehead atoms. The number of hydrogen-bond donors (Lipinski definition) is 2. The zero-order chi connectivity index (χ0) is 15.6. The summed E-state index contributed by atoms with van der Waals surface area (Å²) in [5, 5.41) is 12.1. The van der Waals surface area contributed by atoms with E-state index in [2.05, 4.69) is 5.32 Å². The summed E-state index contributed by atoms with van der Waals surface area (Å²) in [6.07, 6.45) is 0.403. The Bertz CT molecular complexity index is 581. The number of aliphatic carboxylic acids is 1. The van der Waals surface area contributed by atoms with Gasteiger partial charge in [0, 0.05) is 19.8 Å². The Labute approximate surface area is 119 Å². The van der Waals surface area contributed by atoms with Crippen LogP contribution in [0.4, 0.5) is 5.69 Å². The molecule has 0 spiro atoms. The largest absolute Gasteiger partial charge is 0.480 e. The highest BCUT2D eigenvalue weighted by Crippen LogP contribution is 2.21. The molecule has 0 radical (unpaired) electrons. The summed E-state index contributed by atoms with van der Waals surface area (Å²) in [5.74, 6) is -0.954. The summed E-state index contributed by atoms with van der Waals surface area (Å²) in [6, 6.07) is 6.03. The first-order valence-electron chi connectivity index (χ1n) is 6.17. The summed E-state index contributed by atoms with van der Waals surface area (Å²) < 4.78 is 24.9. The van der Waals surface area contributed by atoms with Crippen LogP contribution in [-0.2, 0) is 14.8 Å². The van der Waals surface area contributed by atoms with Gasteiger partial charge in [-0.1, -0.05) is 6.92 Å². The molecule has 112 valence electrons. The maximum Gasteiger partial charge on any atom is 0.329 e. The molecule has 0 saturated carbocycles. The topological polar surface area (TPSA) is 86.7 Å². The number of nitrogens with zero attached hydrogens (tertiary/aromatic N) is 1. The van der Waals surface area contributed by atoms with E-state index in [9.17, 15) is 18.3 Å². The van der Waals surface area contributed by atoms with Gasteiger partial charge in [0.1, 0.15) is 5.54 Å². The standard InChI is InChI=1S/C13H20N2O4S/c1-5-13(2,12(16)17)14-10-6-8-11(9-7-10)20(18,19)15(3)4/h6-9,14H,5H2,1-4H3,(H,16,17). The lowest BCUT2D eigenvalue weighted by molar-refractivity contribution is -0.141. The fourth-order valence-corrected chi connectivity index (χ4v) is 2.43. The van der Waals surface area contributed by atoms with E-state index in [1.807, 2.05) is 0 Å². The number of sulfonamides is 1. The highest BCUT2D eigenvalue weighted by molar-refractivity contribution is 7.89. The van der Waals surface area contributed by atoms with Gasteiger partial charge in [-0.25, -0.2) is 17.5 Å². The lowest BCUT2D eigenvalue weighted by atomic mass is 9.99. The van der Waals surface area contributed by atoms with Crippen LogP contribution in [0.5, 0.6) is 0 Å². The highest BCUT2D eigenvalue weighted by Gasteiger charge is 2.30. The predicted octanol–water partition coefficient (Wildman–Crippen LogP) is 1.60. The Kier molecular flexibility index (Phi) is 4.77. The third-order valence-corrected chi connectivity index (χ3v) is 5.06. The second kappa shape index (κ2) is 5.80. The molecule has 1 atom stereocenters. The summed E-state index contributed by atoms with van der Waals surface area (Å²) in [5.41, 5.74) is -0.517. The quantitative estimate of drug-likeness (QED) is 0.833. The minimum atomic E-state index is -3.47. The number of anilines is 1. The first-order valence-corrected chi connectivity index (χ1v) is 7.61. The van der Waals surface area contributed by atoms with Crippen LogP contribution in [0.15, 0.2) is 29.2 Å². The van der Waals surface area contributed by atoms with Crippen LogP contribution >= 0.6 is 0 Å². The van der Waals surface area contributed by atoms with Crippen molar-refractivity contribution in [1.82, 2.24) is 4.31 Å². The molecule has 1 aromatic carbocycles. The lowest BCUT2D eigenvalue weighted by Crippen LogP contribution is -2.42. The molecule has 1 rings (SSSR count). The van der Waals surface area contributed by atoms with E-state index < -0.39 is 21.5 Å². The van der Waals surface area contributed by atoms with Crippen LogP contribution in [0.25, 0.3) is 0 Å². The maximum atomic E-state index is 11.9. The van der Waals surface area contributed by atoms with Crippen LogP contribution in [0.1, 0.15) is 20.3 Å². The Morgan fingerprint density at radius 3 is 2.15 bits per heavy atom.